The van der Waals surface area contributed by atoms with Gasteiger partial charge in [-0.2, -0.15) is 0 Å². The molecule has 1 amide bonds. The molecule has 1 aliphatic heterocycles. The summed E-state index contributed by atoms with van der Waals surface area (Å²) in [6.07, 6.45) is 2.60. The summed E-state index contributed by atoms with van der Waals surface area (Å²) in [5.74, 6) is -1.28. The Balaban J connectivity index is 2.42. The van der Waals surface area contributed by atoms with Gasteiger partial charge in [-0.1, -0.05) is 31.2 Å². The monoisotopic (exact) mass is 289 g/mol. The summed E-state index contributed by atoms with van der Waals surface area (Å²) >= 11 is 0. The first-order valence-electron chi connectivity index (χ1n) is 7.69. The molecule has 21 heavy (non-hydrogen) atoms. The second-order valence-corrected chi connectivity index (χ2v) is 5.56. The SMILES string of the molecule is CCc1ccc(C2C(C(=O)O)CCCC(=O)N2CC)cc1. The van der Waals surface area contributed by atoms with Gasteiger partial charge in [0, 0.05) is 13.0 Å². The molecule has 0 aliphatic carbocycles. The van der Waals surface area contributed by atoms with E-state index >= 15 is 0 Å². The largest absolute Gasteiger partial charge is 0.481 e. The van der Waals surface area contributed by atoms with E-state index in [0.717, 1.165) is 12.0 Å². The summed E-state index contributed by atoms with van der Waals surface area (Å²) in [6, 6.07) is 7.64. The normalized spacial score (nSPS) is 23.0. The van der Waals surface area contributed by atoms with E-state index < -0.39 is 11.9 Å². The number of aliphatic carboxylic acids is 1. The van der Waals surface area contributed by atoms with Crippen molar-refractivity contribution in [3.05, 3.63) is 35.4 Å². The van der Waals surface area contributed by atoms with E-state index in [1.165, 1.54) is 5.56 Å². The van der Waals surface area contributed by atoms with Gasteiger partial charge in [-0.15, -0.1) is 0 Å². The molecule has 114 valence electrons. The number of carbonyl (C=O) groups excluding carboxylic acids is 1. The fourth-order valence-electron chi connectivity index (χ4n) is 3.14. The van der Waals surface area contributed by atoms with E-state index in [2.05, 4.69) is 6.92 Å². The van der Waals surface area contributed by atoms with E-state index in [1.807, 2.05) is 31.2 Å². The van der Waals surface area contributed by atoms with Crippen LogP contribution < -0.4 is 0 Å². The highest BCUT2D eigenvalue weighted by Crippen LogP contribution is 2.35. The Morgan fingerprint density at radius 2 is 1.95 bits per heavy atom. The van der Waals surface area contributed by atoms with Crippen LogP contribution in [-0.4, -0.2) is 28.4 Å². The van der Waals surface area contributed by atoms with Crippen molar-refractivity contribution in [2.45, 2.75) is 45.6 Å². The lowest BCUT2D eigenvalue weighted by atomic mass is 9.88. The number of amides is 1. The molecule has 1 N–H and O–H groups in total. The predicted octanol–water partition coefficient (Wildman–Crippen LogP) is 3.02. The van der Waals surface area contributed by atoms with Gasteiger partial charge in [-0.25, -0.2) is 0 Å². The molecule has 0 bridgehead atoms. The number of carbonyl (C=O) groups is 2. The van der Waals surface area contributed by atoms with Crippen LogP contribution in [0.1, 0.15) is 50.3 Å². The number of nitrogens with zero attached hydrogens (tertiary/aromatic N) is 1. The first-order valence-corrected chi connectivity index (χ1v) is 7.69. The molecule has 1 aliphatic rings. The van der Waals surface area contributed by atoms with Crippen molar-refractivity contribution in [1.82, 2.24) is 4.90 Å². The minimum Gasteiger partial charge on any atom is -0.481 e. The molecule has 1 fully saturated rings. The van der Waals surface area contributed by atoms with Gasteiger partial charge < -0.3 is 10.0 Å². The molecule has 0 radical (unpaired) electrons. The average molecular weight is 289 g/mol. The number of hydrogen-bond acceptors (Lipinski definition) is 2. The Morgan fingerprint density at radius 1 is 1.29 bits per heavy atom. The number of benzene rings is 1. The summed E-state index contributed by atoms with van der Waals surface area (Å²) in [6.45, 7) is 4.54. The van der Waals surface area contributed by atoms with E-state index in [9.17, 15) is 14.7 Å². The molecule has 2 rings (SSSR count). The smallest absolute Gasteiger partial charge is 0.308 e. The lowest BCUT2D eigenvalue weighted by Gasteiger charge is -2.33. The highest BCUT2D eigenvalue weighted by atomic mass is 16.4. The fraction of sp³-hybridized carbons (Fsp3) is 0.529. The van der Waals surface area contributed by atoms with Crippen molar-refractivity contribution < 1.29 is 14.7 Å². The topological polar surface area (TPSA) is 57.6 Å². The minimum absolute atomic E-state index is 0.0609. The maximum atomic E-state index is 12.3. The molecule has 1 saturated heterocycles. The van der Waals surface area contributed by atoms with E-state index in [0.29, 0.717) is 25.8 Å². The molecule has 0 aromatic heterocycles. The second kappa shape index (κ2) is 6.74. The lowest BCUT2D eigenvalue weighted by molar-refractivity contribution is -0.146. The summed E-state index contributed by atoms with van der Waals surface area (Å²) in [7, 11) is 0. The van der Waals surface area contributed by atoms with Gasteiger partial charge in [0.25, 0.3) is 0 Å². The molecule has 1 heterocycles. The zero-order chi connectivity index (χ0) is 15.4. The lowest BCUT2D eigenvalue weighted by Crippen LogP contribution is -2.38. The first kappa shape index (κ1) is 15.5. The number of likely N-dealkylation sites (tertiary alicyclic amines) is 1. The molecule has 2 atom stereocenters. The van der Waals surface area contributed by atoms with E-state index in [-0.39, 0.29) is 11.9 Å². The van der Waals surface area contributed by atoms with E-state index in [1.54, 1.807) is 4.90 Å². The Hall–Kier alpha value is -1.84. The summed E-state index contributed by atoms with van der Waals surface area (Å²) in [5.41, 5.74) is 2.14. The molecule has 4 nitrogen and oxygen atoms in total. The quantitative estimate of drug-likeness (QED) is 0.927. The highest BCUT2D eigenvalue weighted by molar-refractivity contribution is 5.79. The van der Waals surface area contributed by atoms with Gasteiger partial charge in [0.15, 0.2) is 0 Å². The molecule has 4 heteroatoms. The third-order valence-electron chi connectivity index (χ3n) is 4.33. The third-order valence-corrected chi connectivity index (χ3v) is 4.33. The van der Waals surface area contributed by atoms with Gasteiger partial charge >= 0.3 is 5.97 Å². The van der Waals surface area contributed by atoms with Crippen LogP contribution in [0.15, 0.2) is 24.3 Å². The van der Waals surface area contributed by atoms with Crippen LogP contribution in [-0.2, 0) is 16.0 Å². The van der Waals surface area contributed by atoms with Gasteiger partial charge in [-0.05, 0) is 37.3 Å². The van der Waals surface area contributed by atoms with Crippen molar-refractivity contribution in [2.75, 3.05) is 6.54 Å². The maximum Gasteiger partial charge on any atom is 0.308 e. The maximum absolute atomic E-state index is 12.3. The number of hydrogen-bond donors (Lipinski definition) is 1. The average Bonchev–Trinajstić information content (AvgIpc) is 2.66. The molecule has 0 saturated carbocycles. The predicted molar refractivity (Wildman–Crippen MR) is 80.9 cm³/mol. The molecule has 2 unspecified atom stereocenters. The Morgan fingerprint density at radius 3 is 2.48 bits per heavy atom. The first-order chi connectivity index (χ1) is 10.1. The summed E-state index contributed by atoms with van der Waals surface area (Å²) in [4.78, 5) is 25.6. The van der Waals surface area contributed by atoms with Gasteiger partial charge in [0.05, 0.1) is 12.0 Å². The van der Waals surface area contributed by atoms with Crippen LogP contribution in [0.2, 0.25) is 0 Å². The van der Waals surface area contributed by atoms with Crippen molar-refractivity contribution in [3.63, 3.8) is 0 Å². The Kier molecular flexibility index (Phi) is 4.99. The zero-order valence-corrected chi connectivity index (χ0v) is 12.7. The molecule has 1 aromatic carbocycles. The number of carboxylic acids is 1. The van der Waals surface area contributed by atoms with Crippen LogP contribution >= 0.6 is 0 Å². The van der Waals surface area contributed by atoms with Gasteiger partial charge in [0.1, 0.15) is 0 Å². The van der Waals surface area contributed by atoms with Crippen LogP contribution in [0.4, 0.5) is 0 Å². The highest BCUT2D eigenvalue weighted by Gasteiger charge is 2.37. The van der Waals surface area contributed by atoms with Crippen LogP contribution in [0, 0.1) is 5.92 Å². The van der Waals surface area contributed by atoms with Gasteiger partial charge in [0.2, 0.25) is 5.91 Å². The third kappa shape index (κ3) is 3.26. The standard InChI is InChI=1S/C17H23NO3/c1-3-12-8-10-13(11-9-12)16-14(17(20)21)6-5-7-15(19)18(16)4-2/h8-11,14,16H,3-7H2,1-2H3,(H,20,21). The van der Waals surface area contributed by atoms with Crippen molar-refractivity contribution in [2.24, 2.45) is 5.92 Å². The molecule has 0 spiro atoms. The Labute approximate surface area is 125 Å². The summed E-state index contributed by atoms with van der Waals surface area (Å²) in [5, 5.41) is 9.56. The van der Waals surface area contributed by atoms with Crippen molar-refractivity contribution in [3.8, 4) is 0 Å². The Bertz CT molecular complexity index is 507. The van der Waals surface area contributed by atoms with Crippen LogP contribution in [0.25, 0.3) is 0 Å². The van der Waals surface area contributed by atoms with Crippen LogP contribution in [0.5, 0.6) is 0 Å². The molecule has 1 aromatic rings. The zero-order valence-electron chi connectivity index (χ0n) is 12.7. The summed E-state index contributed by atoms with van der Waals surface area (Å²) < 4.78 is 0. The number of aryl methyl sites for hydroxylation is 1. The van der Waals surface area contributed by atoms with Crippen molar-refractivity contribution >= 4 is 11.9 Å². The minimum atomic E-state index is -0.812. The fourth-order valence-corrected chi connectivity index (χ4v) is 3.14. The molecular formula is C17H23NO3. The van der Waals surface area contributed by atoms with Gasteiger partial charge in [-0.3, -0.25) is 9.59 Å². The van der Waals surface area contributed by atoms with Crippen molar-refractivity contribution in [1.29, 1.82) is 0 Å². The number of rotatable bonds is 4. The van der Waals surface area contributed by atoms with E-state index in [4.69, 9.17) is 0 Å². The molecular weight excluding hydrogens is 266 g/mol. The van der Waals surface area contributed by atoms with Crippen LogP contribution in [0.3, 0.4) is 0 Å². The number of carboxylic acid groups (broad SMARTS) is 1. The second-order valence-electron chi connectivity index (χ2n) is 5.56.